The van der Waals surface area contributed by atoms with Crippen LogP contribution < -0.4 is 5.32 Å². The number of carbonyl (C=O) groups excluding carboxylic acids is 1. The van der Waals surface area contributed by atoms with Crippen molar-refractivity contribution in [3.63, 3.8) is 0 Å². The van der Waals surface area contributed by atoms with E-state index < -0.39 is 10.0 Å². The molecular weight excluding hydrogens is 448 g/mol. The van der Waals surface area contributed by atoms with Crippen LogP contribution in [0.15, 0.2) is 59.5 Å². The fourth-order valence-corrected chi connectivity index (χ4v) is 5.46. The third-order valence-corrected chi connectivity index (χ3v) is 8.29. The number of fused-ring (bicyclic) bond motifs is 1. The maximum absolute atomic E-state index is 13.2. The van der Waals surface area contributed by atoms with Crippen LogP contribution in [-0.4, -0.2) is 68.4 Å². The molecule has 0 spiro atoms. The lowest BCUT2D eigenvalue weighted by molar-refractivity contribution is 0.0940. The van der Waals surface area contributed by atoms with E-state index in [4.69, 9.17) is 0 Å². The first-order valence-electron chi connectivity index (χ1n) is 12.0. The molecule has 0 radical (unpaired) electrons. The Kier molecular flexibility index (Phi) is 7.70. The average Bonchev–Trinajstić information content (AvgIpc) is 2.99. The van der Waals surface area contributed by atoms with Crippen molar-refractivity contribution >= 4 is 26.8 Å². The third-order valence-electron chi connectivity index (χ3n) is 6.48. The van der Waals surface area contributed by atoms with Crippen LogP contribution in [0.2, 0.25) is 0 Å². The van der Waals surface area contributed by atoms with Gasteiger partial charge in [-0.25, -0.2) is 12.7 Å². The number of likely N-dealkylation sites (tertiary alicyclic amines) is 1. The topological polar surface area (TPSA) is 74.7 Å². The van der Waals surface area contributed by atoms with E-state index >= 15 is 0 Å². The molecule has 0 saturated carbocycles. The molecule has 2 aromatic carbocycles. The van der Waals surface area contributed by atoms with E-state index in [1.54, 1.807) is 24.3 Å². The van der Waals surface area contributed by atoms with Crippen LogP contribution in [0.5, 0.6) is 0 Å². The number of nitrogens with one attached hydrogen (secondary N) is 1. The SMILES string of the molecule is CN(C)S(=O)(=O)c1ccc2c(c1)cc(C(=O)NCCN1CCCCCC1)n2Cc1ccccc1. The first-order valence-corrected chi connectivity index (χ1v) is 13.4. The normalized spacial score (nSPS) is 15.5. The van der Waals surface area contributed by atoms with Gasteiger partial charge in [0.05, 0.1) is 4.90 Å². The number of carbonyl (C=O) groups is 1. The highest BCUT2D eigenvalue weighted by atomic mass is 32.2. The van der Waals surface area contributed by atoms with Crippen LogP contribution in [0.4, 0.5) is 0 Å². The molecule has 0 unspecified atom stereocenters. The maximum Gasteiger partial charge on any atom is 0.267 e. The zero-order valence-electron chi connectivity index (χ0n) is 20.0. The molecule has 1 N–H and O–H groups in total. The number of amides is 1. The van der Waals surface area contributed by atoms with Crippen molar-refractivity contribution < 1.29 is 13.2 Å². The molecule has 0 atom stereocenters. The van der Waals surface area contributed by atoms with Crippen molar-refractivity contribution in [3.05, 3.63) is 65.9 Å². The molecule has 1 aliphatic heterocycles. The van der Waals surface area contributed by atoms with Crippen molar-refractivity contribution in [2.45, 2.75) is 37.1 Å². The minimum Gasteiger partial charge on any atom is -0.349 e. The first kappa shape index (κ1) is 24.4. The zero-order chi connectivity index (χ0) is 24.1. The van der Waals surface area contributed by atoms with E-state index in [0.29, 0.717) is 18.8 Å². The van der Waals surface area contributed by atoms with Crippen molar-refractivity contribution in [1.29, 1.82) is 0 Å². The van der Waals surface area contributed by atoms with E-state index in [2.05, 4.69) is 10.2 Å². The van der Waals surface area contributed by atoms with Crippen molar-refractivity contribution in [1.82, 2.24) is 19.1 Å². The number of sulfonamides is 1. The van der Waals surface area contributed by atoms with E-state index in [1.165, 1.54) is 44.1 Å². The number of aromatic nitrogens is 1. The van der Waals surface area contributed by atoms with Gasteiger partial charge in [0.1, 0.15) is 5.69 Å². The van der Waals surface area contributed by atoms with Crippen molar-refractivity contribution in [2.24, 2.45) is 0 Å². The van der Waals surface area contributed by atoms with Crippen LogP contribution in [0.3, 0.4) is 0 Å². The summed E-state index contributed by atoms with van der Waals surface area (Å²) in [5, 5.41) is 3.82. The van der Waals surface area contributed by atoms with Gasteiger partial charge >= 0.3 is 0 Å². The Hall–Kier alpha value is -2.68. The second-order valence-corrected chi connectivity index (χ2v) is 11.3. The summed E-state index contributed by atoms with van der Waals surface area (Å²) < 4.78 is 28.5. The molecule has 0 bridgehead atoms. The van der Waals surface area contributed by atoms with Gasteiger partial charge in [-0.15, -0.1) is 0 Å². The molecule has 1 aromatic heterocycles. The lowest BCUT2D eigenvalue weighted by atomic mass is 10.2. The van der Waals surface area contributed by atoms with Gasteiger partial charge in [-0.1, -0.05) is 43.2 Å². The van der Waals surface area contributed by atoms with Gasteiger partial charge in [0.25, 0.3) is 5.91 Å². The fraction of sp³-hybridized carbons (Fsp3) is 0.423. The molecule has 4 rings (SSSR count). The second-order valence-electron chi connectivity index (χ2n) is 9.12. The number of benzene rings is 2. The largest absolute Gasteiger partial charge is 0.349 e. The first-order chi connectivity index (χ1) is 16.4. The van der Waals surface area contributed by atoms with E-state index in [1.807, 2.05) is 34.9 Å². The summed E-state index contributed by atoms with van der Waals surface area (Å²) >= 11 is 0. The Morgan fingerprint density at radius 2 is 1.68 bits per heavy atom. The third kappa shape index (κ3) is 5.51. The fourth-order valence-electron chi connectivity index (χ4n) is 4.52. The molecule has 1 amide bonds. The Morgan fingerprint density at radius 3 is 2.35 bits per heavy atom. The summed E-state index contributed by atoms with van der Waals surface area (Å²) in [4.78, 5) is 15.9. The van der Waals surface area contributed by atoms with Gasteiger partial charge in [-0.3, -0.25) is 4.79 Å². The highest BCUT2D eigenvalue weighted by Crippen LogP contribution is 2.26. The highest BCUT2D eigenvalue weighted by molar-refractivity contribution is 7.89. The predicted octanol–water partition coefficient (Wildman–Crippen LogP) is 3.55. The smallest absolute Gasteiger partial charge is 0.267 e. The van der Waals surface area contributed by atoms with Crippen molar-refractivity contribution in [2.75, 3.05) is 40.3 Å². The van der Waals surface area contributed by atoms with E-state index in [9.17, 15) is 13.2 Å². The molecule has 3 aromatic rings. The number of nitrogens with zero attached hydrogens (tertiary/aromatic N) is 3. The summed E-state index contributed by atoms with van der Waals surface area (Å²) in [6, 6.07) is 16.8. The van der Waals surface area contributed by atoms with Crippen LogP contribution in [-0.2, 0) is 16.6 Å². The summed E-state index contributed by atoms with van der Waals surface area (Å²) in [5.41, 5.74) is 2.44. The zero-order valence-corrected chi connectivity index (χ0v) is 20.9. The Bertz CT molecular complexity index is 1230. The van der Waals surface area contributed by atoms with Crippen molar-refractivity contribution in [3.8, 4) is 0 Å². The van der Waals surface area contributed by atoms with E-state index in [0.717, 1.165) is 36.1 Å². The molecule has 34 heavy (non-hydrogen) atoms. The lowest BCUT2D eigenvalue weighted by Crippen LogP contribution is -2.36. The summed E-state index contributed by atoms with van der Waals surface area (Å²) in [6.07, 6.45) is 5.01. The minimum atomic E-state index is -3.56. The van der Waals surface area contributed by atoms with Gasteiger partial charge in [0.2, 0.25) is 10.0 Å². The molecule has 1 fully saturated rings. The maximum atomic E-state index is 13.2. The standard InChI is InChI=1S/C26H34N4O3S/c1-28(2)34(32,33)23-12-13-24-22(18-23)19-25(30(24)20-21-10-6-5-7-11-21)26(31)27-14-17-29-15-8-3-4-9-16-29/h5-7,10-13,18-19H,3-4,8-9,14-17,20H2,1-2H3,(H,27,31). The van der Waals surface area contributed by atoms with Gasteiger partial charge < -0.3 is 14.8 Å². The van der Waals surface area contributed by atoms with Crippen LogP contribution in [0.1, 0.15) is 41.7 Å². The van der Waals surface area contributed by atoms with Gasteiger partial charge in [-0.05, 0) is 55.8 Å². The molecule has 182 valence electrons. The summed E-state index contributed by atoms with van der Waals surface area (Å²) in [5.74, 6) is -0.140. The molecule has 0 aliphatic carbocycles. The summed E-state index contributed by atoms with van der Waals surface area (Å²) in [7, 11) is -0.528. The monoisotopic (exact) mass is 482 g/mol. The summed E-state index contributed by atoms with van der Waals surface area (Å²) in [6.45, 7) is 4.14. The van der Waals surface area contributed by atoms with Crippen LogP contribution in [0, 0.1) is 0 Å². The van der Waals surface area contributed by atoms with Gasteiger partial charge in [0.15, 0.2) is 0 Å². The number of hydrogen-bond donors (Lipinski definition) is 1. The number of rotatable bonds is 8. The van der Waals surface area contributed by atoms with Gasteiger partial charge in [0, 0.05) is 44.6 Å². The number of hydrogen-bond acceptors (Lipinski definition) is 4. The van der Waals surface area contributed by atoms with Gasteiger partial charge in [-0.2, -0.15) is 0 Å². The molecule has 8 heteroatoms. The molecule has 1 saturated heterocycles. The lowest BCUT2D eigenvalue weighted by Gasteiger charge is -2.20. The molecular formula is C26H34N4O3S. The van der Waals surface area contributed by atoms with Crippen LogP contribution >= 0.6 is 0 Å². The minimum absolute atomic E-state index is 0.140. The molecule has 7 nitrogen and oxygen atoms in total. The second kappa shape index (κ2) is 10.7. The molecule has 2 heterocycles. The van der Waals surface area contributed by atoms with Crippen LogP contribution in [0.25, 0.3) is 10.9 Å². The Balaban J connectivity index is 1.61. The average molecular weight is 483 g/mol. The Labute approximate surface area is 202 Å². The van der Waals surface area contributed by atoms with E-state index in [-0.39, 0.29) is 10.8 Å². The molecule has 1 aliphatic rings. The Morgan fingerprint density at radius 1 is 0.971 bits per heavy atom. The predicted molar refractivity (Wildman–Crippen MR) is 136 cm³/mol. The highest BCUT2D eigenvalue weighted by Gasteiger charge is 2.21. The quantitative estimate of drug-likeness (QED) is 0.533.